The molecule has 4 aromatic rings. The van der Waals surface area contributed by atoms with Crippen LogP contribution < -0.4 is 5.43 Å². The molecule has 0 aliphatic heterocycles. The minimum Gasteiger partial charge on any atom is -0.477 e. The van der Waals surface area contributed by atoms with Crippen LogP contribution >= 0.6 is 0 Å². The highest BCUT2D eigenvalue weighted by molar-refractivity contribution is 6.01. The van der Waals surface area contributed by atoms with E-state index in [0.717, 1.165) is 0 Å². The van der Waals surface area contributed by atoms with Gasteiger partial charge in [0.1, 0.15) is 5.58 Å². The van der Waals surface area contributed by atoms with Gasteiger partial charge in [-0.15, -0.1) is 10.2 Å². The molecule has 0 bridgehead atoms. The Morgan fingerprint density at radius 1 is 1.00 bits per heavy atom. The third-order valence-electron chi connectivity index (χ3n) is 3.95. The zero-order chi connectivity index (χ0) is 18.1. The van der Waals surface area contributed by atoms with Crippen molar-refractivity contribution in [2.24, 2.45) is 0 Å². The summed E-state index contributed by atoms with van der Waals surface area (Å²) in [5.74, 6) is -1.33. The van der Waals surface area contributed by atoms with Crippen molar-refractivity contribution in [3.63, 3.8) is 0 Å². The van der Waals surface area contributed by atoms with E-state index in [4.69, 9.17) is 4.42 Å². The van der Waals surface area contributed by atoms with Crippen LogP contribution in [0.3, 0.4) is 0 Å². The summed E-state index contributed by atoms with van der Waals surface area (Å²) in [6.45, 7) is 0. The predicted molar refractivity (Wildman–Crippen MR) is 93.7 cm³/mol. The van der Waals surface area contributed by atoms with Crippen molar-refractivity contribution in [2.75, 3.05) is 0 Å². The molecule has 1 N–H and O–H groups in total. The molecule has 0 amide bonds. The molecule has 0 fully saturated rings. The molecule has 7 heteroatoms. The molecular weight excluding hydrogens is 334 g/mol. The summed E-state index contributed by atoms with van der Waals surface area (Å²) in [6, 6.07) is 15.2. The van der Waals surface area contributed by atoms with Crippen LogP contribution in [-0.2, 0) is 0 Å². The molecule has 0 atom stereocenters. The summed E-state index contributed by atoms with van der Waals surface area (Å²) in [6.07, 6.45) is 1.44. The van der Waals surface area contributed by atoms with Gasteiger partial charge < -0.3 is 9.52 Å². The van der Waals surface area contributed by atoms with Gasteiger partial charge in [-0.2, -0.15) is 0 Å². The van der Waals surface area contributed by atoms with Gasteiger partial charge >= 0.3 is 5.97 Å². The van der Waals surface area contributed by atoms with Gasteiger partial charge in [-0.1, -0.05) is 42.5 Å². The number of fused-ring (bicyclic) bond motifs is 1. The van der Waals surface area contributed by atoms with Gasteiger partial charge in [-0.25, -0.2) is 4.79 Å². The van der Waals surface area contributed by atoms with Crippen molar-refractivity contribution >= 4 is 16.9 Å². The zero-order valence-corrected chi connectivity index (χ0v) is 13.3. The third-order valence-corrected chi connectivity index (χ3v) is 3.95. The maximum atomic E-state index is 13.1. The molecule has 0 aliphatic carbocycles. The smallest absolute Gasteiger partial charge is 0.343 e. The Kier molecular flexibility index (Phi) is 3.74. The number of carboxylic acids is 1. The second kappa shape index (κ2) is 6.21. The first-order chi connectivity index (χ1) is 12.7. The molecule has 0 unspecified atom stereocenters. The molecular formula is C19H11N3O4. The molecule has 4 rings (SSSR count). The van der Waals surface area contributed by atoms with Crippen LogP contribution in [0.15, 0.2) is 70.0 Å². The van der Waals surface area contributed by atoms with Gasteiger partial charge in [0.2, 0.25) is 5.43 Å². The van der Waals surface area contributed by atoms with Gasteiger partial charge in [0.15, 0.2) is 11.3 Å². The molecule has 2 aromatic heterocycles. The van der Waals surface area contributed by atoms with Crippen LogP contribution in [0.25, 0.3) is 33.6 Å². The Morgan fingerprint density at radius 2 is 1.81 bits per heavy atom. The Labute approximate surface area is 146 Å². The van der Waals surface area contributed by atoms with E-state index in [1.54, 1.807) is 54.6 Å². The summed E-state index contributed by atoms with van der Waals surface area (Å²) in [4.78, 5) is 24.9. The first kappa shape index (κ1) is 15.6. The SMILES string of the molecule is O=C(O)c1c(-c2ccccc2)oc2cccc(-c3ccnnn3)c2c1=O. The molecule has 0 saturated heterocycles. The van der Waals surface area contributed by atoms with Crippen LogP contribution in [0.2, 0.25) is 0 Å². The average molecular weight is 345 g/mol. The lowest BCUT2D eigenvalue weighted by Gasteiger charge is -2.09. The summed E-state index contributed by atoms with van der Waals surface area (Å²) in [5.41, 5.74) is 0.577. The van der Waals surface area contributed by atoms with Crippen molar-refractivity contribution in [2.45, 2.75) is 0 Å². The fourth-order valence-corrected chi connectivity index (χ4v) is 2.82. The number of nitrogens with zero attached hydrogens (tertiary/aromatic N) is 3. The predicted octanol–water partition coefficient (Wildman–Crippen LogP) is 3.01. The van der Waals surface area contributed by atoms with Gasteiger partial charge in [-0.05, 0) is 17.3 Å². The maximum absolute atomic E-state index is 13.1. The summed E-state index contributed by atoms with van der Waals surface area (Å²) < 4.78 is 5.84. The van der Waals surface area contributed by atoms with Crippen LogP contribution in [0, 0.1) is 0 Å². The largest absolute Gasteiger partial charge is 0.477 e. The number of carbonyl (C=O) groups is 1. The highest BCUT2D eigenvalue weighted by Crippen LogP contribution is 2.30. The third kappa shape index (κ3) is 2.51. The number of aromatic carboxylic acids is 1. The highest BCUT2D eigenvalue weighted by atomic mass is 16.4. The van der Waals surface area contributed by atoms with Crippen molar-refractivity contribution in [1.82, 2.24) is 15.4 Å². The van der Waals surface area contributed by atoms with Gasteiger partial charge in [-0.3, -0.25) is 4.79 Å². The maximum Gasteiger partial charge on any atom is 0.343 e. The van der Waals surface area contributed by atoms with Gasteiger partial charge in [0, 0.05) is 11.1 Å². The number of benzene rings is 2. The van der Waals surface area contributed by atoms with Crippen LogP contribution in [0.1, 0.15) is 10.4 Å². The van der Waals surface area contributed by atoms with Crippen LogP contribution in [0.4, 0.5) is 0 Å². The molecule has 26 heavy (non-hydrogen) atoms. The van der Waals surface area contributed by atoms with Crippen LogP contribution in [0.5, 0.6) is 0 Å². The van der Waals surface area contributed by atoms with E-state index < -0.39 is 17.0 Å². The average Bonchev–Trinajstić information content (AvgIpc) is 2.68. The van der Waals surface area contributed by atoms with Crippen molar-refractivity contribution in [3.8, 4) is 22.6 Å². The van der Waals surface area contributed by atoms with E-state index in [-0.39, 0.29) is 16.7 Å². The molecule has 0 spiro atoms. The lowest BCUT2D eigenvalue weighted by atomic mass is 10.0. The summed E-state index contributed by atoms with van der Waals surface area (Å²) >= 11 is 0. The molecule has 2 aromatic carbocycles. The normalized spacial score (nSPS) is 10.8. The van der Waals surface area contributed by atoms with E-state index >= 15 is 0 Å². The second-order valence-electron chi connectivity index (χ2n) is 5.49. The Balaban J connectivity index is 2.12. The number of aromatic nitrogens is 3. The van der Waals surface area contributed by atoms with Crippen molar-refractivity contribution in [3.05, 3.63) is 76.6 Å². The topological polar surface area (TPSA) is 106 Å². The van der Waals surface area contributed by atoms with Crippen molar-refractivity contribution in [1.29, 1.82) is 0 Å². The fraction of sp³-hybridized carbons (Fsp3) is 0. The molecule has 0 saturated carbocycles. The Hall–Kier alpha value is -3.87. The number of hydrogen-bond acceptors (Lipinski definition) is 6. The summed E-state index contributed by atoms with van der Waals surface area (Å²) in [7, 11) is 0. The van der Waals surface area contributed by atoms with E-state index in [1.165, 1.54) is 6.20 Å². The molecule has 0 aliphatic rings. The minimum atomic E-state index is -1.35. The first-order valence-corrected chi connectivity index (χ1v) is 7.70. The van der Waals surface area contributed by atoms with Crippen LogP contribution in [-0.4, -0.2) is 26.5 Å². The van der Waals surface area contributed by atoms with Gasteiger partial charge in [0.05, 0.1) is 17.3 Å². The first-order valence-electron chi connectivity index (χ1n) is 7.70. The zero-order valence-electron chi connectivity index (χ0n) is 13.3. The van der Waals surface area contributed by atoms with E-state index in [2.05, 4.69) is 15.4 Å². The molecule has 7 nitrogen and oxygen atoms in total. The lowest BCUT2D eigenvalue weighted by Crippen LogP contribution is -2.17. The van der Waals surface area contributed by atoms with E-state index in [1.807, 2.05) is 0 Å². The van der Waals surface area contributed by atoms with Gasteiger partial charge in [0.25, 0.3) is 0 Å². The van der Waals surface area contributed by atoms with E-state index in [9.17, 15) is 14.7 Å². The quantitative estimate of drug-likeness (QED) is 0.608. The lowest BCUT2D eigenvalue weighted by molar-refractivity contribution is 0.0694. The summed E-state index contributed by atoms with van der Waals surface area (Å²) in [5, 5.41) is 20.9. The molecule has 2 heterocycles. The standard InChI is InChI=1S/C19H11N3O4/c23-17-15-12(13-9-10-20-22-21-13)7-4-8-14(15)26-18(16(17)19(24)25)11-5-2-1-3-6-11/h1-10H,(H,24,25). The molecule has 0 radical (unpaired) electrons. The Morgan fingerprint density at radius 3 is 2.50 bits per heavy atom. The monoisotopic (exact) mass is 345 g/mol. The Bertz CT molecular complexity index is 1170. The number of hydrogen-bond donors (Lipinski definition) is 1. The highest BCUT2D eigenvalue weighted by Gasteiger charge is 2.23. The molecule has 126 valence electrons. The second-order valence-corrected chi connectivity index (χ2v) is 5.49. The van der Waals surface area contributed by atoms with E-state index in [0.29, 0.717) is 16.8 Å². The number of carboxylic acid groups (broad SMARTS) is 1. The van der Waals surface area contributed by atoms with Crippen molar-refractivity contribution < 1.29 is 14.3 Å². The fourth-order valence-electron chi connectivity index (χ4n) is 2.82. The minimum absolute atomic E-state index is 0.0218. The number of rotatable bonds is 3.